The van der Waals surface area contributed by atoms with Gasteiger partial charge in [0.05, 0.1) is 19.3 Å². The maximum atomic E-state index is 9.81. The second-order valence-electron chi connectivity index (χ2n) is 6.03. The van der Waals surface area contributed by atoms with Crippen molar-refractivity contribution >= 4 is 0 Å². The molecule has 3 nitrogen and oxygen atoms in total. The van der Waals surface area contributed by atoms with E-state index in [1.54, 1.807) is 0 Å². The number of nitrogens with zero attached hydrogens (tertiary/aromatic N) is 1. The molecule has 3 unspecified atom stereocenters. The zero-order chi connectivity index (χ0) is 14.4. The Kier molecular flexibility index (Phi) is 6.02. The van der Waals surface area contributed by atoms with Crippen molar-refractivity contribution < 1.29 is 9.84 Å². The third-order valence-corrected chi connectivity index (χ3v) is 4.39. The quantitative estimate of drug-likeness (QED) is 0.812. The zero-order valence-electron chi connectivity index (χ0n) is 12.7. The summed E-state index contributed by atoms with van der Waals surface area (Å²) >= 11 is 0. The molecule has 1 aromatic carbocycles. The molecule has 0 spiro atoms. The molecule has 0 bridgehead atoms. The molecule has 1 aromatic rings. The van der Waals surface area contributed by atoms with Crippen LogP contribution < -0.4 is 0 Å². The van der Waals surface area contributed by atoms with Gasteiger partial charge in [-0.25, -0.2) is 0 Å². The van der Waals surface area contributed by atoms with Crippen molar-refractivity contribution in [2.24, 2.45) is 5.92 Å². The van der Waals surface area contributed by atoms with Gasteiger partial charge in [-0.3, -0.25) is 0 Å². The number of ether oxygens (including phenoxy) is 1. The predicted octanol–water partition coefficient (Wildman–Crippen LogP) is 2.68. The SMILES string of the molecule is CC1CCC(O)CC1N(C)CCOCc1ccccc1. The first-order valence-corrected chi connectivity index (χ1v) is 7.67. The van der Waals surface area contributed by atoms with Gasteiger partial charge in [0.2, 0.25) is 0 Å². The summed E-state index contributed by atoms with van der Waals surface area (Å²) in [7, 11) is 2.14. The Morgan fingerprint density at radius 1 is 1.25 bits per heavy atom. The van der Waals surface area contributed by atoms with Gasteiger partial charge in [0.15, 0.2) is 0 Å². The van der Waals surface area contributed by atoms with Crippen molar-refractivity contribution in [3.8, 4) is 0 Å². The molecule has 20 heavy (non-hydrogen) atoms. The number of likely N-dealkylation sites (N-methyl/N-ethyl adjacent to an activating group) is 1. The number of aliphatic hydroxyl groups excluding tert-OH is 1. The van der Waals surface area contributed by atoms with Gasteiger partial charge >= 0.3 is 0 Å². The minimum absolute atomic E-state index is 0.121. The average Bonchev–Trinajstić information content (AvgIpc) is 2.47. The van der Waals surface area contributed by atoms with Crippen LogP contribution in [0.1, 0.15) is 31.7 Å². The summed E-state index contributed by atoms with van der Waals surface area (Å²) in [5.41, 5.74) is 1.22. The minimum atomic E-state index is -0.121. The third kappa shape index (κ3) is 4.58. The van der Waals surface area contributed by atoms with Crippen molar-refractivity contribution in [3.05, 3.63) is 35.9 Å². The van der Waals surface area contributed by atoms with Gasteiger partial charge in [-0.15, -0.1) is 0 Å². The lowest BCUT2D eigenvalue weighted by molar-refractivity contribution is 0.0251. The van der Waals surface area contributed by atoms with Gasteiger partial charge in [-0.2, -0.15) is 0 Å². The summed E-state index contributed by atoms with van der Waals surface area (Å²) in [4.78, 5) is 2.35. The highest BCUT2D eigenvalue weighted by Crippen LogP contribution is 2.27. The Morgan fingerprint density at radius 3 is 2.75 bits per heavy atom. The van der Waals surface area contributed by atoms with E-state index in [2.05, 4.69) is 31.0 Å². The van der Waals surface area contributed by atoms with Gasteiger partial charge in [0, 0.05) is 12.6 Å². The normalized spacial score (nSPS) is 26.9. The Labute approximate surface area is 122 Å². The van der Waals surface area contributed by atoms with Crippen molar-refractivity contribution in [1.29, 1.82) is 0 Å². The molecule has 0 radical (unpaired) electrons. The van der Waals surface area contributed by atoms with Gasteiger partial charge in [0.1, 0.15) is 0 Å². The number of hydrogen-bond acceptors (Lipinski definition) is 3. The van der Waals surface area contributed by atoms with Crippen molar-refractivity contribution in [1.82, 2.24) is 4.90 Å². The maximum absolute atomic E-state index is 9.81. The Bertz CT molecular complexity index is 382. The Hall–Kier alpha value is -0.900. The van der Waals surface area contributed by atoms with Crippen LogP contribution in [-0.4, -0.2) is 42.4 Å². The van der Waals surface area contributed by atoms with Gasteiger partial charge < -0.3 is 14.7 Å². The topological polar surface area (TPSA) is 32.7 Å². The molecule has 0 saturated heterocycles. The molecule has 1 fully saturated rings. The van der Waals surface area contributed by atoms with Crippen LogP contribution in [0.2, 0.25) is 0 Å². The van der Waals surface area contributed by atoms with E-state index < -0.39 is 0 Å². The standard InChI is InChI=1S/C17H27NO2/c1-14-8-9-16(19)12-17(14)18(2)10-11-20-13-15-6-4-3-5-7-15/h3-7,14,16-17,19H,8-13H2,1-2H3. The van der Waals surface area contributed by atoms with E-state index in [1.165, 1.54) is 5.56 Å². The second kappa shape index (κ2) is 7.77. The number of hydrogen-bond donors (Lipinski definition) is 1. The molecule has 2 rings (SSSR count). The average molecular weight is 277 g/mol. The minimum Gasteiger partial charge on any atom is -0.393 e. The van der Waals surface area contributed by atoms with Crippen LogP contribution in [0, 0.1) is 5.92 Å². The van der Waals surface area contributed by atoms with Crippen LogP contribution in [0.4, 0.5) is 0 Å². The highest BCUT2D eigenvalue weighted by molar-refractivity contribution is 5.13. The number of benzene rings is 1. The second-order valence-corrected chi connectivity index (χ2v) is 6.03. The van der Waals surface area contributed by atoms with Gasteiger partial charge in [0.25, 0.3) is 0 Å². The summed E-state index contributed by atoms with van der Waals surface area (Å²) < 4.78 is 5.74. The molecule has 1 aliphatic carbocycles. The fraction of sp³-hybridized carbons (Fsp3) is 0.647. The fourth-order valence-electron chi connectivity index (χ4n) is 3.03. The molecular formula is C17H27NO2. The van der Waals surface area contributed by atoms with Crippen LogP contribution in [0.25, 0.3) is 0 Å². The van der Waals surface area contributed by atoms with E-state index in [4.69, 9.17) is 4.74 Å². The smallest absolute Gasteiger partial charge is 0.0717 e. The van der Waals surface area contributed by atoms with Crippen molar-refractivity contribution in [2.75, 3.05) is 20.2 Å². The van der Waals surface area contributed by atoms with Crippen LogP contribution in [-0.2, 0) is 11.3 Å². The molecule has 1 saturated carbocycles. The molecule has 112 valence electrons. The number of aliphatic hydroxyl groups is 1. The van der Waals surface area contributed by atoms with Crippen LogP contribution in [0.3, 0.4) is 0 Å². The van der Waals surface area contributed by atoms with E-state index in [0.29, 0.717) is 18.6 Å². The molecule has 3 heteroatoms. The first-order chi connectivity index (χ1) is 9.66. The van der Waals surface area contributed by atoms with Crippen LogP contribution in [0.5, 0.6) is 0 Å². The summed E-state index contributed by atoms with van der Waals surface area (Å²) in [6.45, 7) is 4.63. The van der Waals surface area contributed by atoms with E-state index in [-0.39, 0.29) is 6.10 Å². The molecular weight excluding hydrogens is 250 g/mol. The van der Waals surface area contributed by atoms with Gasteiger partial charge in [-0.1, -0.05) is 37.3 Å². The molecule has 0 aliphatic heterocycles. The molecule has 0 aromatic heterocycles. The van der Waals surface area contributed by atoms with Crippen molar-refractivity contribution in [3.63, 3.8) is 0 Å². The van der Waals surface area contributed by atoms with E-state index >= 15 is 0 Å². The molecule has 1 aliphatic rings. The molecule has 1 N–H and O–H groups in total. The summed E-state index contributed by atoms with van der Waals surface area (Å²) in [5, 5.41) is 9.81. The monoisotopic (exact) mass is 277 g/mol. The summed E-state index contributed by atoms with van der Waals surface area (Å²) in [6, 6.07) is 10.8. The predicted molar refractivity (Wildman–Crippen MR) is 81.5 cm³/mol. The van der Waals surface area contributed by atoms with E-state index in [0.717, 1.165) is 32.4 Å². The largest absolute Gasteiger partial charge is 0.393 e. The lowest BCUT2D eigenvalue weighted by Gasteiger charge is -2.38. The highest BCUT2D eigenvalue weighted by atomic mass is 16.5. The van der Waals surface area contributed by atoms with Gasteiger partial charge in [-0.05, 0) is 37.8 Å². The first-order valence-electron chi connectivity index (χ1n) is 7.67. The molecule has 3 atom stereocenters. The highest BCUT2D eigenvalue weighted by Gasteiger charge is 2.29. The first kappa shape index (κ1) is 15.5. The van der Waals surface area contributed by atoms with E-state index in [1.807, 2.05) is 18.2 Å². The van der Waals surface area contributed by atoms with E-state index in [9.17, 15) is 5.11 Å². The van der Waals surface area contributed by atoms with Crippen LogP contribution >= 0.6 is 0 Å². The lowest BCUT2D eigenvalue weighted by atomic mass is 9.83. The Morgan fingerprint density at radius 2 is 2.00 bits per heavy atom. The summed E-state index contributed by atoms with van der Waals surface area (Å²) in [6.07, 6.45) is 2.86. The molecule has 0 heterocycles. The third-order valence-electron chi connectivity index (χ3n) is 4.39. The molecule has 0 amide bonds. The van der Waals surface area contributed by atoms with Crippen LogP contribution in [0.15, 0.2) is 30.3 Å². The Balaban J connectivity index is 1.68. The fourth-order valence-corrected chi connectivity index (χ4v) is 3.03. The summed E-state index contributed by atoms with van der Waals surface area (Å²) in [5.74, 6) is 0.664. The number of rotatable bonds is 6. The maximum Gasteiger partial charge on any atom is 0.0717 e. The van der Waals surface area contributed by atoms with Crippen molar-refractivity contribution in [2.45, 2.75) is 44.9 Å². The zero-order valence-corrected chi connectivity index (χ0v) is 12.7. The lowest BCUT2D eigenvalue weighted by Crippen LogP contribution is -2.44.